The summed E-state index contributed by atoms with van der Waals surface area (Å²) in [5.74, 6) is -0.398. The molecule has 0 amide bonds. The van der Waals surface area contributed by atoms with Crippen molar-refractivity contribution < 1.29 is 9.47 Å². The molecule has 1 aromatic heterocycles. The number of rotatable bonds is 2. The average Bonchev–Trinajstić information content (AvgIpc) is 2.81. The molecule has 0 atom stereocenters. The fourth-order valence-corrected chi connectivity index (χ4v) is 3.16. The van der Waals surface area contributed by atoms with Crippen LogP contribution in [0.15, 0.2) is 12.3 Å². The summed E-state index contributed by atoms with van der Waals surface area (Å²) in [5, 5.41) is 1.08. The van der Waals surface area contributed by atoms with E-state index in [1.807, 2.05) is 0 Å². The lowest BCUT2D eigenvalue weighted by atomic mass is 10.0. The number of pyridine rings is 1. The fraction of sp³-hybridized carbons (Fsp3) is 0.615. The minimum absolute atomic E-state index is 0.398. The largest absolute Gasteiger partial charge is 0.346 e. The molecular weight excluding hydrogens is 287 g/mol. The van der Waals surface area contributed by atoms with Crippen LogP contribution in [0, 0.1) is 0 Å². The summed E-state index contributed by atoms with van der Waals surface area (Å²) in [6, 6.07) is 1.68. The van der Waals surface area contributed by atoms with Gasteiger partial charge in [-0.25, -0.2) is 4.98 Å². The molecule has 2 saturated heterocycles. The van der Waals surface area contributed by atoms with Gasteiger partial charge < -0.3 is 9.47 Å². The van der Waals surface area contributed by atoms with Gasteiger partial charge in [0.15, 0.2) is 5.79 Å². The van der Waals surface area contributed by atoms with Crippen molar-refractivity contribution in [1.82, 2.24) is 9.88 Å². The maximum Gasteiger partial charge on any atom is 0.181 e. The molecule has 1 spiro atoms. The molecular formula is C13H16Cl2N2O2. The van der Waals surface area contributed by atoms with Gasteiger partial charge in [0.1, 0.15) is 5.15 Å². The highest BCUT2D eigenvalue weighted by atomic mass is 35.5. The molecule has 0 aliphatic carbocycles. The minimum Gasteiger partial charge on any atom is -0.346 e. The van der Waals surface area contributed by atoms with E-state index in [4.69, 9.17) is 32.7 Å². The van der Waals surface area contributed by atoms with Crippen molar-refractivity contribution in [2.45, 2.75) is 25.2 Å². The number of nitrogens with zero attached hydrogens (tertiary/aromatic N) is 2. The molecule has 104 valence electrons. The zero-order valence-electron chi connectivity index (χ0n) is 10.6. The molecule has 0 N–H and O–H groups in total. The van der Waals surface area contributed by atoms with Crippen molar-refractivity contribution in [2.75, 3.05) is 26.3 Å². The van der Waals surface area contributed by atoms with Crippen LogP contribution in [0.2, 0.25) is 10.2 Å². The van der Waals surface area contributed by atoms with Crippen molar-refractivity contribution in [3.8, 4) is 0 Å². The smallest absolute Gasteiger partial charge is 0.181 e. The molecule has 0 radical (unpaired) electrons. The molecule has 0 saturated carbocycles. The Morgan fingerprint density at radius 2 is 2.11 bits per heavy atom. The summed E-state index contributed by atoms with van der Waals surface area (Å²) in [5.41, 5.74) is 0.987. The molecule has 0 unspecified atom stereocenters. The normalized spacial score (nSPS) is 23.1. The number of aromatic nitrogens is 1. The van der Waals surface area contributed by atoms with E-state index in [2.05, 4.69) is 9.88 Å². The first kappa shape index (κ1) is 13.6. The van der Waals surface area contributed by atoms with Crippen molar-refractivity contribution in [2.24, 2.45) is 0 Å². The van der Waals surface area contributed by atoms with Crippen molar-refractivity contribution in [3.05, 3.63) is 28.0 Å². The topological polar surface area (TPSA) is 34.6 Å². The van der Waals surface area contributed by atoms with Crippen LogP contribution in [0.4, 0.5) is 0 Å². The molecule has 0 bridgehead atoms. The van der Waals surface area contributed by atoms with Crippen LogP contribution in [-0.4, -0.2) is 42.0 Å². The van der Waals surface area contributed by atoms with E-state index in [1.165, 1.54) is 0 Å². The maximum atomic E-state index is 6.19. The molecule has 6 heteroatoms. The molecule has 1 aromatic rings. The lowest BCUT2D eigenvalue weighted by Gasteiger charge is -2.38. The quantitative estimate of drug-likeness (QED) is 0.787. The van der Waals surface area contributed by atoms with Crippen LogP contribution in [0.5, 0.6) is 0 Å². The highest BCUT2D eigenvalue weighted by Gasteiger charge is 2.40. The molecule has 0 aromatic carbocycles. The Hall–Kier alpha value is -0.390. The van der Waals surface area contributed by atoms with E-state index in [0.29, 0.717) is 23.4 Å². The first-order valence-electron chi connectivity index (χ1n) is 6.47. The number of hydrogen-bond donors (Lipinski definition) is 0. The van der Waals surface area contributed by atoms with Gasteiger partial charge in [-0.3, -0.25) is 4.90 Å². The Bertz CT molecular complexity index is 464. The Kier molecular flexibility index (Phi) is 3.96. The van der Waals surface area contributed by atoms with E-state index in [9.17, 15) is 0 Å². The zero-order valence-corrected chi connectivity index (χ0v) is 12.1. The van der Waals surface area contributed by atoms with Crippen molar-refractivity contribution in [3.63, 3.8) is 0 Å². The predicted molar refractivity (Wildman–Crippen MR) is 73.4 cm³/mol. The Labute approximate surface area is 122 Å². The minimum atomic E-state index is -0.398. The molecule has 2 fully saturated rings. The van der Waals surface area contributed by atoms with E-state index < -0.39 is 5.79 Å². The van der Waals surface area contributed by atoms with Gasteiger partial charge in [0.2, 0.25) is 0 Å². The molecule has 4 nitrogen and oxygen atoms in total. The fourth-order valence-electron chi connectivity index (χ4n) is 2.73. The van der Waals surface area contributed by atoms with E-state index in [-0.39, 0.29) is 0 Å². The standard InChI is InChI=1S/C13H16Cl2N2O2/c14-11-6-12(15)16-7-10(11)8-17-3-1-2-13(9-17)18-4-5-19-13/h6-7H,1-5,8-9H2. The molecule has 2 aliphatic heterocycles. The van der Waals surface area contributed by atoms with Gasteiger partial charge in [-0.2, -0.15) is 0 Å². The number of likely N-dealkylation sites (tertiary alicyclic amines) is 1. The zero-order chi connectivity index (χ0) is 13.3. The second-order valence-electron chi connectivity index (χ2n) is 5.02. The SMILES string of the molecule is Clc1cc(Cl)c(CN2CCCC3(C2)OCCO3)cn1. The summed E-state index contributed by atoms with van der Waals surface area (Å²) in [6.07, 6.45) is 3.77. The van der Waals surface area contributed by atoms with Gasteiger partial charge >= 0.3 is 0 Å². The van der Waals surface area contributed by atoms with Gasteiger partial charge in [-0.1, -0.05) is 23.2 Å². The van der Waals surface area contributed by atoms with Gasteiger partial charge in [0, 0.05) is 29.7 Å². The number of ether oxygens (including phenoxy) is 2. The van der Waals surface area contributed by atoms with Crippen LogP contribution in [0.3, 0.4) is 0 Å². The molecule has 2 aliphatic rings. The Morgan fingerprint density at radius 1 is 1.32 bits per heavy atom. The first-order valence-corrected chi connectivity index (χ1v) is 7.23. The van der Waals surface area contributed by atoms with Gasteiger partial charge in [0.25, 0.3) is 0 Å². The predicted octanol–water partition coefficient (Wildman–Crippen LogP) is 2.73. The monoisotopic (exact) mass is 302 g/mol. The summed E-state index contributed by atoms with van der Waals surface area (Å²) in [6.45, 7) is 3.94. The Balaban J connectivity index is 1.69. The van der Waals surface area contributed by atoms with E-state index in [0.717, 1.165) is 38.0 Å². The highest BCUT2D eigenvalue weighted by molar-refractivity contribution is 6.34. The van der Waals surface area contributed by atoms with E-state index >= 15 is 0 Å². The van der Waals surface area contributed by atoms with Crippen LogP contribution < -0.4 is 0 Å². The van der Waals surface area contributed by atoms with Gasteiger partial charge in [-0.05, 0) is 19.0 Å². The van der Waals surface area contributed by atoms with Crippen LogP contribution in [0.25, 0.3) is 0 Å². The number of piperidine rings is 1. The van der Waals surface area contributed by atoms with Gasteiger partial charge in [-0.15, -0.1) is 0 Å². The lowest BCUT2D eigenvalue weighted by molar-refractivity contribution is -0.190. The third-order valence-electron chi connectivity index (χ3n) is 3.60. The average molecular weight is 303 g/mol. The summed E-state index contributed by atoms with van der Waals surface area (Å²) < 4.78 is 11.5. The van der Waals surface area contributed by atoms with Crippen molar-refractivity contribution in [1.29, 1.82) is 0 Å². The second-order valence-corrected chi connectivity index (χ2v) is 5.81. The van der Waals surface area contributed by atoms with E-state index in [1.54, 1.807) is 12.3 Å². The molecule has 3 heterocycles. The highest BCUT2D eigenvalue weighted by Crippen LogP contribution is 2.31. The summed E-state index contributed by atoms with van der Waals surface area (Å²) in [7, 11) is 0. The van der Waals surface area contributed by atoms with Crippen LogP contribution >= 0.6 is 23.2 Å². The summed E-state index contributed by atoms with van der Waals surface area (Å²) >= 11 is 12.0. The van der Waals surface area contributed by atoms with Crippen LogP contribution in [0.1, 0.15) is 18.4 Å². The molecule has 3 rings (SSSR count). The number of halogens is 2. The van der Waals surface area contributed by atoms with Gasteiger partial charge in [0.05, 0.1) is 19.8 Å². The maximum absolute atomic E-state index is 6.19. The second kappa shape index (κ2) is 5.54. The Morgan fingerprint density at radius 3 is 2.84 bits per heavy atom. The van der Waals surface area contributed by atoms with Crippen molar-refractivity contribution >= 4 is 23.2 Å². The van der Waals surface area contributed by atoms with Crippen LogP contribution in [-0.2, 0) is 16.0 Å². The first-order chi connectivity index (χ1) is 9.17. The summed E-state index contributed by atoms with van der Waals surface area (Å²) in [4.78, 5) is 6.38. The number of hydrogen-bond acceptors (Lipinski definition) is 4. The molecule has 19 heavy (non-hydrogen) atoms. The third kappa shape index (κ3) is 3.03. The third-order valence-corrected chi connectivity index (χ3v) is 4.16. The lowest BCUT2D eigenvalue weighted by Crippen LogP contribution is -2.48.